The number of nitrogens with two attached hydrogens (primary N) is 1. The van der Waals surface area contributed by atoms with Crippen LogP contribution in [0.3, 0.4) is 0 Å². The summed E-state index contributed by atoms with van der Waals surface area (Å²) in [5.74, 6) is -0.839. The summed E-state index contributed by atoms with van der Waals surface area (Å²) in [6, 6.07) is 1.46. The van der Waals surface area contributed by atoms with Crippen LogP contribution < -0.4 is 11.4 Å². The number of carboxylic acids is 1. The predicted octanol–water partition coefficient (Wildman–Crippen LogP) is 0.00540. The van der Waals surface area contributed by atoms with Crippen molar-refractivity contribution in [1.82, 2.24) is 9.97 Å². The summed E-state index contributed by atoms with van der Waals surface area (Å²) < 4.78 is 0. The van der Waals surface area contributed by atoms with Crippen LogP contribution in [0.25, 0.3) is 0 Å². The largest absolute Gasteiger partial charge is 0.481 e. The highest BCUT2D eigenvalue weighted by atomic mass is 16.4. The van der Waals surface area contributed by atoms with Crippen molar-refractivity contribution >= 4 is 11.8 Å². The van der Waals surface area contributed by atoms with E-state index < -0.39 is 17.1 Å². The lowest BCUT2D eigenvalue weighted by Gasteiger charge is -2.18. The van der Waals surface area contributed by atoms with Crippen molar-refractivity contribution in [3.63, 3.8) is 0 Å². The molecule has 0 saturated heterocycles. The molecule has 0 amide bonds. The van der Waals surface area contributed by atoms with Crippen LogP contribution in [0.5, 0.6) is 0 Å². The first-order valence-corrected chi connectivity index (χ1v) is 4.40. The SMILES string of the molecule is CC(C)(Cc1cc(N)nc(=O)[nH]1)C(=O)O. The maximum absolute atomic E-state index is 11.0. The monoisotopic (exact) mass is 211 g/mol. The molecule has 15 heavy (non-hydrogen) atoms. The van der Waals surface area contributed by atoms with Crippen molar-refractivity contribution in [3.05, 3.63) is 22.2 Å². The average molecular weight is 211 g/mol. The summed E-state index contributed by atoms with van der Waals surface area (Å²) in [4.78, 5) is 27.7. The fourth-order valence-electron chi connectivity index (χ4n) is 1.18. The standard InChI is InChI=1S/C9H13N3O3/c1-9(2,7(13)14)4-5-3-6(10)12-8(15)11-5/h3H,4H2,1-2H3,(H,13,14)(H3,10,11,12,15). The highest BCUT2D eigenvalue weighted by Gasteiger charge is 2.27. The first kappa shape index (κ1) is 11.2. The third kappa shape index (κ3) is 2.80. The van der Waals surface area contributed by atoms with Crippen molar-refractivity contribution in [1.29, 1.82) is 0 Å². The topological polar surface area (TPSA) is 109 Å². The third-order valence-electron chi connectivity index (χ3n) is 2.03. The Hall–Kier alpha value is -1.85. The van der Waals surface area contributed by atoms with Gasteiger partial charge in [-0.25, -0.2) is 4.79 Å². The third-order valence-corrected chi connectivity index (χ3v) is 2.03. The lowest BCUT2D eigenvalue weighted by atomic mass is 9.88. The molecule has 1 aromatic rings. The first-order valence-electron chi connectivity index (χ1n) is 4.40. The second-order valence-electron chi connectivity index (χ2n) is 4.00. The lowest BCUT2D eigenvalue weighted by Crippen LogP contribution is -2.28. The Balaban J connectivity index is 2.99. The van der Waals surface area contributed by atoms with E-state index in [1.54, 1.807) is 13.8 Å². The van der Waals surface area contributed by atoms with Gasteiger partial charge in [0.15, 0.2) is 0 Å². The quantitative estimate of drug-likeness (QED) is 0.652. The highest BCUT2D eigenvalue weighted by Crippen LogP contribution is 2.20. The van der Waals surface area contributed by atoms with Gasteiger partial charge in [0.2, 0.25) is 0 Å². The van der Waals surface area contributed by atoms with Gasteiger partial charge in [-0.2, -0.15) is 4.98 Å². The van der Waals surface area contributed by atoms with Gasteiger partial charge in [0.25, 0.3) is 0 Å². The van der Waals surface area contributed by atoms with Gasteiger partial charge in [-0.1, -0.05) is 0 Å². The van der Waals surface area contributed by atoms with Gasteiger partial charge in [-0.15, -0.1) is 0 Å². The van der Waals surface area contributed by atoms with Crippen LogP contribution in [-0.4, -0.2) is 21.0 Å². The summed E-state index contributed by atoms with van der Waals surface area (Å²) in [5, 5.41) is 8.90. The molecule has 0 atom stereocenters. The van der Waals surface area contributed by atoms with E-state index >= 15 is 0 Å². The normalized spacial score (nSPS) is 11.3. The van der Waals surface area contributed by atoms with Crippen LogP contribution in [0.2, 0.25) is 0 Å². The average Bonchev–Trinajstić information content (AvgIpc) is 1.99. The van der Waals surface area contributed by atoms with Crippen LogP contribution in [0.4, 0.5) is 5.82 Å². The smallest absolute Gasteiger partial charge is 0.347 e. The van der Waals surface area contributed by atoms with E-state index in [0.717, 1.165) is 0 Å². The molecule has 0 aromatic carbocycles. The molecule has 0 aliphatic heterocycles. The minimum Gasteiger partial charge on any atom is -0.481 e. The van der Waals surface area contributed by atoms with Crippen LogP contribution in [0, 0.1) is 5.41 Å². The zero-order valence-corrected chi connectivity index (χ0v) is 8.57. The van der Waals surface area contributed by atoms with Crippen molar-refractivity contribution in [3.8, 4) is 0 Å². The Bertz CT molecular complexity index is 436. The van der Waals surface area contributed by atoms with E-state index in [0.29, 0.717) is 5.69 Å². The molecule has 0 aliphatic rings. The molecule has 1 heterocycles. The van der Waals surface area contributed by atoms with Crippen molar-refractivity contribution in [2.45, 2.75) is 20.3 Å². The zero-order chi connectivity index (χ0) is 11.6. The molecule has 0 spiro atoms. The number of carboxylic acid groups (broad SMARTS) is 1. The van der Waals surface area contributed by atoms with Crippen LogP contribution in [-0.2, 0) is 11.2 Å². The number of aliphatic carboxylic acids is 1. The van der Waals surface area contributed by atoms with E-state index in [-0.39, 0.29) is 12.2 Å². The van der Waals surface area contributed by atoms with Gasteiger partial charge in [0, 0.05) is 12.1 Å². The number of hydrogen-bond acceptors (Lipinski definition) is 4. The number of hydrogen-bond donors (Lipinski definition) is 3. The highest BCUT2D eigenvalue weighted by molar-refractivity contribution is 5.73. The number of H-pyrrole nitrogens is 1. The summed E-state index contributed by atoms with van der Waals surface area (Å²) >= 11 is 0. The van der Waals surface area contributed by atoms with Crippen LogP contribution >= 0.6 is 0 Å². The van der Waals surface area contributed by atoms with Gasteiger partial charge >= 0.3 is 11.7 Å². The van der Waals surface area contributed by atoms with E-state index in [2.05, 4.69) is 9.97 Å². The summed E-state index contributed by atoms with van der Waals surface area (Å²) in [6.45, 7) is 3.15. The van der Waals surface area contributed by atoms with Gasteiger partial charge < -0.3 is 15.8 Å². The molecule has 0 bridgehead atoms. The zero-order valence-electron chi connectivity index (χ0n) is 8.57. The molecular weight excluding hydrogens is 198 g/mol. The molecule has 1 aromatic heterocycles. The maximum atomic E-state index is 11.0. The Morgan fingerprint density at radius 3 is 2.73 bits per heavy atom. The Kier molecular flexibility index (Phi) is 2.78. The number of nitrogen functional groups attached to an aromatic ring is 1. The number of anilines is 1. The molecule has 6 heteroatoms. The second kappa shape index (κ2) is 3.72. The molecule has 0 radical (unpaired) electrons. The second-order valence-corrected chi connectivity index (χ2v) is 4.00. The Labute approximate surface area is 86.2 Å². The number of nitrogens with one attached hydrogen (secondary N) is 1. The molecular formula is C9H13N3O3. The molecule has 6 nitrogen and oxygen atoms in total. The van der Waals surface area contributed by atoms with Crippen LogP contribution in [0.15, 0.2) is 10.9 Å². The number of aromatic nitrogens is 2. The van der Waals surface area contributed by atoms with Gasteiger partial charge in [-0.05, 0) is 19.9 Å². The van der Waals surface area contributed by atoms with Crippen molar-refractivity contribution in [2.75, 3.05) is 5.73 Å². The fraction of sp³-hybridized carbons (Fsp3) is 0.444. The predicted molar refractivity (Wildman–Crippen MR) is 54.4 cm³/mol. The van der Waals surface area contributed by atoms with Crippen LogP contribution in [0.1, 0.15) is 19.5 Å². The molecule has 0 fully saturated rings. The number of nitrogens with zero attached hydrogens (tertiary/aromatic N) is 1. The number of carbonyl (C=O) groups is 1. The maximum Gasteiger partial charge on any atom is 0.347 e. The van der Waals surface area contributed by atoms with Crippen molar-refractivity contribution < 1.29 is 9.90 Å². The number of rotatable bonds is 3. The Morgan fingerprint density at radius 2 is 2.27 bits per heavy atom. The van der Waals surface area contributed by atoms with Gasteiger partial charge in [-0.3, -0.25) is 4.79 Å². The molecule has 1 rings (SSSR count). The van der Waals surface area contributed by atoms with E-state index in [1.807, 2.05) is 0 Å². The molecule has 0 saturated carbocycles. The first-order chi connectivity index (χ1) is 6.81. The molecule has 0 unspecified atom stereocenters. The van der Waals surface area contributed by atoms with Crippen molar-refractivity contribution in [2.24, 2.45) is 5.41 Å². The minimum absolute atomic E-state index is 0.0925. The van der Waals surface area contributed by atoms with Gasteiger partial charge in [0.05, 0.1) is 5.41 Å². The summed E-state index contributed by atoms with van der Waals surface area (Å²) in [6.07, 6.45) is 0.199. The molecule has 0 aliphatic carbocycles. The summed E-state index contributed by atoms with van der Waals surface area (Å²) in [5.41, 5.74) is 4.34. The molecule has 82 valence electrons. The Morgan fingerprint density at radius 1 is 1.67 bits per heavy atom. The molecule has 4 N–H and O–H groups in total. The van der Waals surface area contributed by atoms with Gasteiger partial charge in [0.1, 0.15) is 5.82 Å². The lowest BCUT2D eigenvalue weighted by molar-refractivity contribution is -0.146. The summed E-state index contributed by atoms with van der Waals surface area (Å²) in [7, 11) is 0. The van der Waals surface area contributed by atoms with E-state index in [4.69, 9.17) is 10.8 Å². The van der Waals surface area contributed by atoms with E-state index in [9.17, 15) is 9.59 Å². The van der Waals surface area contributed by atoms with E-state index in [1.165, 1.54) is 6.07 Å². The minimum atomic E-state index is -0.948. The fourth-order valence-corrected chi connectivity index (χ4v) is 1.18. The number of aromatic amines is 1.